The lowest BCUT2D eigenvalue weighted by Crippen LogP contribution is -2.43. The molecule has 0 saturated carbocycles. The highest BCUT2D eigenvalue weighted by Gasteiger charge is 2.34. The van der Waals surface area contributed by atoms with E-state index in [1.165, 1.54) is 0 Å². The molecule has 6 nitrogen and oxygen atoms in total. The molecule has 0 spiro atoms. The van der Waals surface area contributed by atoms with E-state index in [2.05, 4.69) is 46.5 Å². The molecule has 4 atom stereocenters. The van der Waals surface area contributed by atoms with Crippen molar-refractivity contribution >= 4 is 23.9 Å². The van der Waals surface area contributed by atoms with Crippen LogP contribution in [0.25, 0.3) is 6.08 Å². The summed E-state index contributed by atoms with van der Waals surface area (Å²) in [5.41, 5.74) is 3.11. The molecule has 5 rings (SSSR count). The number of ether oxygens (including phenoxy) is 1. The topological polar surface area (TPSA) is 49.7 Å². The first-order valence-electron chi connectivity index (χ1n) is 13.2. The van der Waals surface area contributed by atoms with Crippen LogP contribution in [0.1, 0.15) is 43.9 Å². The molecule has 0 aliphatic carbocycles. The number of hydrogen-bond acceptors (Lipinski definition) is 6. The van der Waals surface area contributed by atoms with Gasteiger partial charge in [0, 0.05) is 31.6 Å². The highest BCUT2D eigenvalue weighted by Crippen LogP contribution is 2.36. The van der Waals surface area contributed by atoms with Crippen LogP contribution in [0.2, 0.25) is 0 Å². The molecule has 9 heteroatoms. The van der Waals surface area contributed by atoms with Crippen molar-refractivity contribution < 1.29 is 22.7 Å². The zero-order valence-corrected chi connectivity index (χ0v) is 22.4. The van der Waals surface area contributed by atoms with Gasteiger partial charge in [0.05, 0.1) is 25.2 Å². The summed E-state index contributed by atoms with van der Waals surface area (Å²) in [7, 11) is 1.65. The number of halogens is 3. The normalized spacial score (nSPS) is 24.6. The van der Waals surface area contributed by atoms with Gasteiger partial charge < -0.3 is 19.4 Å². The molecule has 2 aromatic rings. The van der Waals surface area contributed by atoms with Crippen LogP contribution in [0.3, 0.4) is 0 Å². The van der Waals surface area contributed by atoms with Crippen LogP contribution in [-0.4, -0.2) is 49.9 Å². The van der Waals surface area contributed by atoms with Crippen LogP contribution in [0, 0.1) is 29.3 Å². The molecular formula is C30H33F3N4O2. The Morgan fingerprint density at radius 1 is 1.15 bits per heavy atom. The summed E-state index contributed by atoms with van der Waals surface area (Å²) in [5, 5.41) is 4.47. The number of aliphatic imine (C=N–C) groups is 1. The third-order valence-electron chi connectivity index (χ3n) is 7.72. The Labute approximate surface area is 227 Å². The summed E-state index contributed by atoms with van der Waals surface area (Å²) >= 11 is 0. The molecule has 206 valence electrons. The first-order chi connectivity index (χ1) is 18.8. The minimum Gasteiger partial charge on any atom is -0.495 e. The maximum absolute atomic E-state index is 13.9. The molecule has 3 heterocycles. The van der Waals surface area contributed by atoms with E-state index < -0.39 is 23.6 Å². The number of rotatable bonds is 6. The van der Waals surface area contributed by atoms with Crippen LogP contribution < -0.4 is 9.64 Å². The van der Waals surface area contributed by atoms with Gasteiger partial charge in [0.2, 0.25) is 0 Å². The van der Waals surface area contributed by atoms with E-state index >= 15 is 0 Å². The molecule has 4 unspecified atom stereocenters. The predicted molar refractivity (Wildman–Crippen MR) is 148 cm³/mol. The van der Waals surface area contributed by atoms with Crippen molar-refractivity contribution in [1.29, 1.82) is 0 Å². The van der Waals surface area contributed by atoms with Crippen molar-refractivity contribution in [3.8, 4) is 5.75 Å². The molecule has 0 aromatic heterocycles. The second-order valence-electron chi connectivity index (χ2n) is 10.5. The summed E-state index contributed by atoms with van der Waals surface area (Å²) in [6.45, 7) is 10.3. The summed E-state index contributed by atoms with van der Waals surface area (Å²) < 4.78 is 47.1. The zero-order valence-electron chi connectivity index (χ0n) is 22.4. The van der Waals surface area contributed by atoms with Gasteiger partial charge in [0.25, 0.3) is 0 Å². The molecular weight excluding hydrogens is 505 g/mol. The van der Waals surface area contributed by atoms with Crippen LogP contribution in [0.15, 0.2) is 58.7 Å². The minimum absolute atomic E-state index is 0.220. The van der Waals surface area contributed by atoms with E-state index in [9.17, 15) is 13.2 Å². The van der Waals surface area contributed by atoms with Crippen molar-refractivity contribution in [3.05, 3.63) is 77.1 Å². The summed E-state index contributed by atoms with van der Waals surface area (Å²) in [4.78, 5) is 14.5. The summed E-state index contributed by atoms with van der Waals surface area (Å²) in [6.07, 6.45) is 6.39. The van der Waals surface area contributed by atoms with E-state index in [0.717, 1.165) is 54.2 Å². The summed E-state index contributed by atoms with van der Waals surface area (Å²) in [5.74, 6) is -1.97. The monoisotopic (exact) mass is 538 g/mol. The van der Waals surface area contributed by atoms with Crippen molar-refractivity contribution in [1.82, 2.24) is 4.90 Å². The number of amidine groups is 1. The molecule has 0 N–H and O–H groups in total. The third-order valence-corrected chi connectivity index (χ3v) is 7.72. The molecule has 1 fully saturated rings. The fourth-order valence-corrected chi connectivity index (χ4v) is 5.38. The molecule has 3 aliphatic heterocycles. The molecule has 2 aromatic carbocycles. The van der Waals surface area contributed by atoms with Gasteiger partial charge in [0.15, 0.2) is 29.4 Å². The average Bonchev–Trinajstić information content (AvgIpc) is 3.24. The Morgan fingerprint density at radius 2 is 1.92 bits per heavy atom. The molecule has 39 heavy (non-hydrogen) atoms. The Hall–Kier alpha value is -3.75. The number of piperidine rings is 1. The van der Waals surface area contributed by atoms with E-state index in [1.54, 1.807) is 7.11 Å². The fourth-order valence-electron chi connectivity index (χ4n) is 5.38. The average molecular weight is 539 g/mol. The number of oxime groups is 1. The van der Waals surface area contributed by atoms with Crippen LogP contribution in [0.4, 0.5) is 18.9 Å². The van der Waals surface area contributed by atoms with Gasteiger partial charge in [0.1, 0.15) is 5.75 Å². The lowest BCUT2D eigenvalue weighted by atomic mass is 9.83. The maximum Gasteiger partial charge on any atom is 0.194 e. The molecule has 0 bridgehead atoms. The number of anilines is 1. The van der Waals surface area contributed by atoms with E-state index in [1.807, 2.05) is 30.6 Å². The van der Waals surface area contributed by atoms with Crippen LogP contribution in [-0.2, 0) is 4.84 Å². The third kappa shape index (κ3) is 5.53. The molecule has 1 saturated heterocycles. The Kier molecular flexibility index (Phi) is 7.68. The number of allylic oxidation sites excluding steroid dienone is 1. The standard InChI is InChI=1S/C30H33F3N4O2/c1-5-18(2)23-12-22(10-20-6-7-26(28(11-20)38-4)37-15-19(3)34-17-37)30-35-39-27(8-9-36(30)16-23)21-13-24(31)29(33)25(32)14-21/h5-7,10-11,13-14,17-19,23,27H,1,8-9,12,15-16H2,2-4H3. The molecule has 0 amide bonds. The number of fused-ring (bicyclic) bond motifs is 1. The van der Waals surface area contributed by atoms with Gasteiger partial charge in [-0.2, -0.15) is 0 Å². The lowest BCUT2D eigenvalue weighted by Gasteiger charge is -2.37. The second kappa shape index (κ2) is 11.2. The lowest BCUT2D eigenvalue weighted by molar-refractivity contribution is 0.0570. The Bertz CT molecular complexity index is 1320. The van der Waals surface area contributed by atoms with Crippen molar-refractivity contribution in [2.24, 2.45) is 22.0 Å². The van der Waals surface area contributed by atoms with Gasteiger partial charge in [-0.25, -0.2) is 13.2 Å². The van der Waals surface area contributed by atoms with Crippen molar-refractivity contribution in [3.63, 3.8) is 0 Å². The van der Waals surface area contributed by atoms with Gasteiger partial charge in [-0.15, -0.1) is 6.58 Å². The fraction of sp³-hybridized carbons (Fsp3) is 0.400. The number of hydrogen-bond donors (Lipinski definition) is 0. The predicted octanol–water partition coefficient (Wildman–Crippen LogP) is 6.35. The van der Waals surface area contributed by atoms with Crippen LogP contribution >= 0.6 is 0 Å². The van der Waals surface area contributed by atoms with Crippen LogP contribution in [0.5, 0.6) is 5.75 Å². The zero-order chi connectivity index (χ0) is 27.7. The van der Waals surface area contributed by atoms with Crippen molar-refractivity contribution in [2.45, 2.75) is 38.8 Å². The maximum atomic E-state index is 13.9. The van der Waals surface area contributed by atoms with E-state index in [4.69, 9.17) is 9.57 Å². The van der Waals surface area contributed by atoms with Crippen molar-refractivity contribution in [2.75, 3.05) is 31.6 Å². The largest absolute Gasteiger partial charge is 0.495 e. The highest BCUT2D eigenvalue weighted by molar-refractivity contribution is 6.02. The van der Waals surface area contributed by atoms with Gasteiger partial charge in [-0.3, -0.25) is 4.99 Å². The molecule has 3 aliphatic rings. The Balaban J connectivity index is 1.47. The minimum atomic E-state index is -1.49. The van der Waals surface area contributed by atoms with Gasteiger partial charge in [-0.1, -0.05) is 24.2 Å². The molecule has 0 radical (unpaired) electrons. The SMILES string of the molecule is C=CC(C)C1CC(=Cc2ccc(N3C=NC(C)C3)c(OC)c2)C2=NOC(c3cc(F)c(F)c(F)c3)CCN2C1. The number of methoxy groups -OCH3 is 1. The number of nitrogens with zero attached hydrogens (tertiary/aromatic N) is 4. The van der Waals surface area contributed by atoms with Gasteiger partial charge >= 0.3 is 0 Å². The number of benzene rings is 2. The quantitative estimate of drug-likeness (QED) is 0.318. The summed E-state index contributed by atoms with van der Waals surface area (Å²) in [6, 6.07) is 8.25. The van der Waals surface area contributed by atoms with Gasteiger partial charge in [-0.05, 0) is 66.7 Å². The Morgan fingerprint density at radius 3 is 2.59 bits per heavy atom. The van der Waals surface area contributed by atoms with E-state index in [-0.39, 0.29) is 17.5 Å². The highest BCUT2D eigenvalue weighted by atomic mass is 19.2. The first-order valence-corrected chi connectivity index (χ1v) is 13.2. The smallest absolute Gasteiger partial charge is 0.194 e. The second-order valence-corrected chi connectivity index (χ2v) is 10.5. The first kappa shape index (κ1) is 26.8. The van der Waals surface area contributed by atoms with E-state index in [0.29, 0.717) is 24.7 Å².